The molecule has 0 atom stereocenters. The average Bonchev–Trinajstić information content (AvgIpc) is 2.61. The molecular weight excluding hydrogens is 291 g/mol. The highest BCUT2D eigenvalue weighted by Gasteiger charge is 2.07. The van der Waals surface area contributed by atoms with E-state index in [2.05, 4.69) is 15.3 Å². The maximum Gasteiger partial charge on any atom is 0.224 e. The Morgan fingerprint density at radius 1 is 1.00 bits per heavy atom. The molecule has 0 radical (unpaired) electrons. The van der Waals surface area contributed by atoms with Crippen molar-refractivity contribution in [1.29, 1.82) is 0 Å². The third-order valence-corrected chi connectivity index (χ3v) is 3.52. The fourth-order valence-electron chi connectivity index (χ4n) is 2.22. The quantitative estimate of drug-likeness (QED) is 0.773. The Morgan fingerprint density at radius 3 is 2.52 bits per heavy atom. The summed E-state index contributed by atoms with van der Waals surface area (Å²) in [4.78, 5) is 10.6. The van der Waals surface area contributed by atoms with Crippen molar-refractivity contribution in [1.82, 2.24) is 9.97 Å². The molecule has 1 N–H and O–H groups in total. The molecule has 23 heavy (non-hydrogen) atoms. The van der Waals surface area contributed by atoms with Crippen LogP contribution >= 0.6 is 0 Å². The smallest absolute Gasteiger partial charge is 0.224 e. The summed E-state index contributed by atoms with van der Waals surface area (Å²) in [7, 11) is 1.94. The fourth-order valence-corrected chi connectivity index (χ4v) is 2.22. The zero-order valence-corrected chi connectivity index (χ0v) is 12.8. The Balaban J connectivity index is 1.74. The number of aromatic nitrogens is 2. The van der Waals surface area contributed by atoms with Gasteiger partial charge in [-0.2, -0.15) is 4.98 Å². The molecule has 0 saturated heterocycles. The normalized spacial score (nSPS) is 10.3. The molecule has 0 aliphatic heterocycles. The van der Waals surface area contributed by atoms with Crippen molar-refractivity contribution in [3.05, 3.63) is 78.2 Å². The number of hydrogen-bond donors (Lipinski definition) is 1. The highest BCUT2D eigenvalue weighted by molar-refractivity contribution is 5.59. The van der Waals surface area contributed by atoms with Gasteiger partial charge in [0.2, 0.25) is 5.95 Å². The van der Waals surface area contributed by atoms with Crippen LogP contribution in [0.25, 0.3) is 0 Å². The molecule has 4 nitrogen and oxygen atoms in total. The molecule has 116 valence electrons. The summed E-state index contributed by atoms with van der Waals surface area (Å²) in [6, 6.07) is 18.4. The molecule has 5 heteroatoms. The first-order valence-electron chi connectivity index (χ1n) is 7.33. The van der Waals surface area contributed by atoms with Gasteiger partial charge in [0.05, 0.1) is 0 Å². The van der Waals surface area contributed by atoms with Gasteiger partial charge in [-0.25, -0.2) is 9.37 Å². The number of nitrogens with zero attached hydrogens (tertiary/aromatic N) is 3. The van der Waals surface area contributed by atoms with E-state index in [1.807, 2.05) is 48.3 Å². The van der Waals surface area contributed by atoms with Gasteiger partial charge in [-0.1, -0.05) is 36.4 Å². The second-order valence-electron chi connectivity index (χ2n) is 5.08. The van der Waals surface area contributed by atoms with Gasteiger partial charge in [-0.05, 0) is 24.3 Å². The van der Waals surface area contributed by atoms with Crippen LogP contribution in [0.3, 0.4) is 0 Å². The first-order chi connectivity index (χ1) is 11.2. The lowest BCUT2D eigenvalue weighted by atomic mass is 10.2. The highest BCUT2D eigenvalue weighted by Crippen LogP contribution is 2.21. The number of hydrogen-bond acceptors (Lipinski definition) is 4. The summed E-state index contributed by atoms with van der Waals surface area (Å²) in [5, 5.41) is 3.06. The molecule has 0 fully saturated rings. The van der Waals surface area contributed by atoms with E-state index in [4.69, 9.17) is 0 Å². The lowest BCUT2D eigenvalue weighted by Crippen LogP contribution is -2.13. The Hall–Kier alpha value is -2.95. The van der Waals surface area contributed by atoms with Gasteiger partial charge < -0.3 is 10.2 Å². The lowest BCUT2D eigenvalue weighted by molar-refractivity contribution is 0.612. The highest BCUT2D eigenvalue weighted by atomic mass is 19.1. The standard InChI is InChI=1S/C18H17FN4/c1-23(15-8-3-2-4-9-15)17-11-12-20-18(22-17)21-13-14-7-5-6-10-16(14)19/h2-12H,13H2,1H3,(H,20,21,22). The number of rotatable bonds is 5. The number of para-hydroxylation sites is 1. The monoisotopic (exact) mass is 308 g/mol. The van der Waals surface area contributed by atoms with Crippen molar-refractivity contribution in [3.63, 3.8) is 0 Å². The van der Waals surface area contributed by atoms with E-state index in [0.717, 1.165) is 11.5 Å². The zero-order chi connectivity index (χ0) is 16.1. The minimum Gasteiger partial charge on any atom is -0.350 e. The van der Waals surface area contributed by atoms with Crippen LogP contribution in [0.5, 0.6) is 0 Å². The van der Waals surface area contributed by atoms with E-state index in [1.54, 1.807) is 24.4 Å². The largest absolute Gasteiger partial charge is 0.350 e. The summed E-state index contributed by atoms with van der Waals surface area (Å²) < 4.78 is 13.6. The molecule has 0 aliphatic rings. The first kappa shape index (κ1) is 15.0. The molecule has 0 unspecified atom stereocenters. The third-order valence-electron chi connectivity index (χ3n) is 3.52. The molecule has 0 aliphatic carbocycles. The van der Waals surface area contributed by atoms with Crippen molar-refractivity contribution >= 4 is 17.5 Å². The van der Waals surface area contributed by atoms with Crippen LogP contribution in [0.2, 0.25) is 0 Å². The number of benzene rings is 2. The predicted molar refractivity (Wildman–Crippen MR) is 90.3 cm³/mol. The molecule has 0 spiro atoms. The molecule has 3 aromatic rings. The van der Waals surface area contributed by atoms with Gasteiger partial charge in [0.25, 0.3) is 0 Å². The summed E-state index contributed by atoms with van der Waals surface area (Å²) in [5.74, 6) is 0.994. The molecule has 0 bridgehead atoms. The zero-order valence-electron chi connectivity index (χ0n) is 12.8. The topological polar surface area (TPSA) is 41.1 Å². The van der Waals surface area contributed by atoms with Crippen LogP contribution in [0, 0.1) is 5.82 Å². The van der Waals surface area contributed by atoms with Gasteiger partial charge in [0, 0.05) is 31.0 Å². The van der Waals surface area contributed by atoms with Crippen LogP contribution < -0.4 is 10.2 Å². The van der Waals surface area contributed by atoms with Gasteiger partial charge >= 0.3 is 0 Å². The van der Waals surface area contributed by atoms with Crippen molar-refractivity contribution in [2.24, 2.45) is 0 Å². The maximum atomic E-state index is 13.6. The summed E-state index contributed by atoms with van der Waals surface area (Å²) in [5.41, 5.74) is 1.61. The Labute approximate surface area is 134 Å². The minimum absolute atomic E-state index is 0.238. The van der Waals surface area contributed by atoms with Crippen molar-refractivity contribution in [3.8, 4) is 0 Å². The SMILES string of the molecule is CN(c1ccccc1)c1ccnc(NCc2ccccc2F)n1. The van der Waals surface area contributed by atoms with E-state index in [1.165, 1.54) is 6.07 Å². The van der Waals surface area contributed by atoms with Crippen LogP contribution in [-0.2, 0) is 6.54 Å². The molecule has 1 aromatic heterocycles. The van der Waals surface area contributed by atoms with Gasteiger partial charge in [0.1, 0.15) is 11.6 Å². The van der Waals surface area contributed by atoms with Gasteiger partial charge in [0.15, 0.2) is 0 Å². The second-order valence-corrected chi connectivity index (χ2v) is 5.08. The van der Waals surface area contributed by atoms with Crippen LogP contribution in [-0.4, -0.2) is 17.0 Å². The molecule has 0 saturated carbocycles. The van der Waals surface area contributed by atoms with Crippen LogP contribution in [0.15, 0.2) is 66.9 Å². The van der Waals surface area contributed by atoms with Crippen molar-refractivity contribution in [2.45, 2.75) is 6.54 Å². The number of halogens is 1. The number of nitrogens with one attached hydrogen (secondary N) is 1. The van der Waals surface area contributed by atoms with Gasteiger partial charge in [-0.15, -0.1) is 0 Å². The Kier molecular flexibility index (Phi) is 4.47. The average molecular weight is 308 g/mol. The van der Waals surface area contributed by atoms with Gasteiger partial charge in [-0.3, -0.25) is 0 Å². The number of anilines is 3. The third kappa shape index (κ3) is 3.63. The lowest BCUT2D eigenvalue weighted by Gasteiger charge is -2.18. The molecule has 1 heterocycles. The molecule has 2 aromatic carbocycles. The van der Waals surface area contributed by atoms with E-state index in [-0.39, 0.29) is 5.82 Å². The molecule has 0 amide bonds. The Morgan fingerprint density at radius 2 is 1.74 bits per heavy atom. The van der Waals surface area contributed by atoms with E-state index in [0.29, 0.717) is 18.1 Å². The van der Waals surface area contributed by atoms with E-state index in [9.17, 15) is 4.39 Å². The van der Waals surface area contributed by atoms with E-state index < -0.39 is 0 Å². The summed E-state index contributed by atoms with van der Waals surface area (Å²) >= 11 is 0. The molecular formula is C18H17FN4. The van der Waals surface area contributed by atoms with Crippen LogP contribution in [0.4, 0.5) is 21.8 Å². The minimum atomic E-state index is -0.238. The first-order valence-corrected chi connectivity index (χ1v) is 7.33. The van der Waals surface area contributed by atoms with Crippen molar-refractivity contribution < 1.29 is 4.39 Å². The maximum absolute atomic E-state index is 13.6. The predicted octanol–water partition coefficient (Wildman–Crippen LogP) is 4.00. The second kappa shape index (κ2) is 6.87. The van der Waals surface area contributed by atoms with Crippen LogP contribution in [0.1, 0.15) is 5.56 Å². The fraction of sp³-hybridized carbons (Fsp3) is 0.111. The Bertz CT molecular complexity index is 777. The summed E-state index contributed by atoms with van der Waals surface area (Å²) in [6.07, 6.45) is 1.69. The molecule has 3 rings (SSSR count). The summed E-state index contributed by atoms with van der Waals surface area (Å²) in [6.45, 7) is 0.338. The van der Waals surface area contributed by atoms with E-state index >= 15 is 0 Å². The van der Waals surface area contributed by atoms with Crippen molar-refractivity contribution in [2.75, 3.05) is 17.3 Å².